The van der Waals surface area contributed by atoms with Gasteiger partial charge in [0.15, 0.2) is 0 Å². The van der Waals surface area contributed by atoms with Gasteiger partial charge in [-0.3, -0.25) is 9.78 Å². The first-order valence-electron chi connectivity index (χ1n) is 9.47. The molecule has 7 heteroatoms. The van der Waals surface area contributed by atoms with Crippen molar-refractivity contribution >= 4 is 26.9 Å². The fraction of sp³-hybridized carbons (Fsp3) is 0.273. The maximum Gasteiger partial charge on any atom is 0.310 e. The Morgan fingerprint density at radius 2 is 1.86 bits per heavy atom. The van der Waals surface area contributed by atoms with Crippen LogP contribution in [0.3, 0.4) is 0 Å². The van der Waals surface area contributed by atoms with Gasteiger partial charge in [0.05, 0.1) is 22.9 Å². The Kier molecular flexibility index (Phi) is 6.61. The number of pyridine rings is 1. The van der Waals surface area contributed by atoms with Gasteiger partial charge in [-0.1, -0.05) is 36.4 Å². The zero-order valence-corrected chi connectivity index (χ0v) is 17.3. The summed E-state index contributed by atoms with van der Waals surface area (Å²) in [7, 11) is -3.84. The van der Waals surface area contributed by atoms with Gasteiger partial charge in [-0.2, -0.15) is 0 Å². The SMILES string of the molecule is CCOC(=O)C(CNS(=O)(=O)c1ccc(C)c2ncccc12)Cc1ccccc1. The van der Waals surface area contributed by atoms with Crippen LogP contribution in [0.1, 0.15) is 18.1 Å². The molecule has 0 aliphatic rings. The van der Waals surface area contributed by atoms with E-state index >= 15 is 0 Å². The fourth-order valence-corrected chi connectivity index (χ4v) is 4.49. The first-order valence-corrected chi connectivity index (χ1v) is 10.9. The Bertz CT molecular complexity index is 1100. The van der Waals surface area contributed by atoms with E-state index in [1.165, 1.54) is 0 Å². The lowest BCUT2D eigenvalue weighted by atomic mass is 10.00. The second-order valence-electron chi connectivity index (χ2n) is 6.77. The van der Waals surface area contributed by atoms with Crippen LogP contribution in [0.2, 0.25) is 0 Å². The lowest BCUT2D eigenvalue weighted by Gasteiger charge is -2.17. The molecule has 2 aromatic carbocycles. The van der Waals surface area contributed by atoms with Crippen molar-refractivity contribution in [2.75, 3.05) is 13.2 Å². The molecule has 1 unspecified atom stereocenters. The highest BCUT2D eigenvalue weighted by Crippen LogP contribution is 2.24. The number of ether oxygens (including phenoxy) is 1. The number of carbonyl (C=O) groups excluding carboxylic acids is 1. The van der Waals surface area contributed by atoms with Crippen LogP contribution in [-0.2, 0) is 26.0 Å². The Balaban J connectivity index is 1.85. The van der Waals surface area contributed by atoms with Crippen molar-refractivity contribution in [1.82, 2.24) is 9.71 Å². The molecule has 1 atom stereocenters. The summed E-state index contributed by atoms with van der Waals surface area (Å²) in [4.78, 5) is 16.8. The third kappa shape index (κ3) is 4.99. The number of fused-ring (bicyclic) bond motifs is 1. The van der Waals surface area contributed by atoms with Crippen molar-refractivity contribution in [3.63, 3.8) is 0 Å². The molecule has 0 spiro atoms. The number of sulfonamides is 1. The van der Waals surface area contributed by atoms with E-state index < -0.39 is 21.9 Å². The van der Waals surface area contributed by atoms with Gasteiger partial charge in [0.1, 0.15) is 0 Å². The molecule has 0 saturated heterocycles. The average Bonchev–Trinajstić information content (AvgIpc) is 2.72. The number of rotatable bonds is 8. The molecule has 0 aliphatic carbocycles. The number of esters is 1. The van der Waals surface area contributed by atoms with E-state index in [0.29, 0.717) is 17.3 Å². The van der Waals surface area contributed by atoms with Crippen LogP contribution >= 0.6 is 0 Å². The van der Waals surface area contributed by atoms with Crippen LogP contribution in [0, 0.1) is 12.8 Å². The molecule has 0 radical (unpaired) electrons. The summed E-state index contributed by atoms with van der Waals surface area (Å²) in [5.74, 6) is -1.04. The molecule has 6 nitrogen and oxygen atoms in total. The topological polar surface area (TPSA) is 85.4 Å². The van der Waals surface area contributed by atoms with Gasteiger partial charge < -0.3 is 4.74 Å². The first-order chi connectivity index (χ1) is 13.9. The molecule has 0 saturated carbocycles. The summed E-state index contributed by atoms with van der Waals surface area (Å²) < 4.78 is 33.7. The maximum absolute atomic E-state index is 13.0. The predicted octanol–water partition coefficient (Wildman–Crippen LogP) is 3.24. The molecule has 29 heavy (non-hydrogen) atoms. The third-order valence-electron chi connectivity index (χ3n) is 4.69. The largest absolute Gasteiger partial charge is 0.466 e. The van der Waals surface area contributed by atoms with Gasteiger partial charge >= 0.3 is 5.97 Å². The fourth-order valence-electron chi connectivity index (χ4n) is 3.21. The van der Waals surface area contributed by atoms with Crippen molar-refractivity contribution < 1.29 is 17.9 Å². The molecule has 1 heterocycles. The van der Waals surface area contributed by atoms with Gasteiger partial charge in [-0.05, 0) is 49.6 Å². The lowest BCUT2D eigenvalue weighted by Crippen LogP contribution is -2.35. The molecule has 3 rings (SSSR count). The van der Waals surface area contributed by atoms with Crippen LogP contribution in [0.4, 0.5) is 0 Å². The van der Waals surface area contributed by atoms with E-state index in [4.69, 9.17) is 4.74 Å². The number of hydrogen-bond donors (Lipinski definition) is 1. The zero-order valence-electron chi connectivity index (χ0n) is 16.5. The molecule has 0 aliphatic heterocycles. The number of benzene rings is 2. The standard InChI is InChI=1S/C22H24N2O4S/c1-3-28-22(25)18(14-17-8-5-4-6-9-17)15-24-29(26,27)20-12-11-16(2)21-19(20)10-7-13-23-21/h4-13,18,24H,3,14-15H2,1-2H3. The number of nitrogens with one attached hydrogen (secondary N) is 1. The minimum atomic E-state index is -3.84. The highest BCUT2D eigenvalue weighted by molar-refractivity contribution is 7.89. The molecule has 1 N–H and O–H groups in total. The van der Waals surface area contributed by atoms with Crippen molar-refractivity contribution in [2.24, 2.45) is 5.92 Å². The summed E-state index contributed by atoms with van der Waals surface area (Å²) in [6.45, 7) is 3.81. The summed E-state index contributed by atoms with van der Waals surface area (Å²) in [6, 6.07) is 16.2. The van der Waals surface area contributed by atoms with E-state index in [2.05, 4.69) is 9.71 Å². The number of hydrogen-bond acceptors (Lipinski definition) is 5. The molecule has 0 bridgehead atoms. The number of aromatic nitrogens is 1. The van der Waals surface area contributed by atoms with Crippen molar-refractivity contribution in [1.29, 1.82) is 0 Å². The Labute approximate surface area is 171 Å². The Morgan fingerprint density at radius 1 is 1.10 bits per heavy atom. The van der Waals surface area contributed by atoms with Crippen molar-refractivity contribution in [2.45, 2.75) is 25.2 Å². The Hall–Kier alpha value is -2.77. The van der Waals surface area contributed by atoms with E-state index in [0.717, 1.165) is 11.1 Å². The highest BCUT2D eigenvalue weighted by atomic mass is 32.2. The van der Waals surface area contributed by atoms with Gasteiger partial charge in [-0.25, -0.2) is 13.1 Å². The average molecular weight is 413 g/mol. The monoisotopic (exact) mass is 412 g/mol. The molecule has 0 fully saturated rings. The normalized spacial score (nSPS) is 12.6. The summed E-state index contributed by atoms with van der Waals surface area (Å²) in [5, 5.41) is 0.552. The highest BCUT2D eigenvalue weighted by Gasteiger charge is 2.25. The smallest absolute Gasteiger partial charge is 0.310 e. The van der Waals surface area contributed by atoms with Gasteiger partial charge in [0.25, 0.3) is 0 Å². The van der Waals surface area contributed by atoms with Crippen LogP contribution in [0.5, 0.6) is 0 Å². The first kappa shape index (κ1) is 21.0. The molecule has 152 valence electrons. The van der Waals surface area contributed by atoms with Gasteiger partial charge in [-0.15, -0.1) is 0 Å². The molecular weight excluding hydrogens is 388 g/mol. The van der Waals surface area contributed by atoms with E-state index in [1.807, 2.05) is 37.3 Å². The molecule has 1 aromatic heterocycles. The summed E-state index contributed by atoms with van der Waals surface area (Å²) >= 11 is 0. The zero-order chi connectivity index (χ0) is 20.9. The Morgan fingerprint density at radius 3 is 2.59 bits per heavy atom. The van der Waals surface area contributed by atoms with Crippen LogP contribution in [0.25, 0.3) is 10.9 Å². The minimum Gasteiger partial charge on any atom is -0.466 e. The maximum atomic E-state index is 13.0. The van der Waals surface area contributed by atoms with Crippen molar-refractivity contribution in [3.8, 4) is 0 Å². The van der Waals surface area contributed by atoms with Crippen LogP contribution < -0.4 is 4.72 Å². The molecule has 0 amide bonds. The second kappa shape index (κ2) is 9.15. The van der Waals surface area contributed by atoms with E-state index in [1.54, 1.807) is 37.4 Å². The van der Waals surface area contributed by atoms with Crippen LogP contribution in [-0.4, -0.2) is 32.5 Å². The number of nitrogens with zero attached hydrogens (tertiary/aromatic N) is 1. The van der Waals surface area contributed by atoms with Crippen molar-refractivity contribution in [3.05, 3.63) is 71.9 Å². The molecule has 3 aromatic rings. The van der Waals surface area contributed by atoms with Crippen LogP contribution in [0.15, 0.2) is 65.7 Å². The summed E-state index contributed by atoms with van der Waals surface area (Å²) in [5.41, 5.74) is 2.48. The lowest BCUT2D eigenvalue weighted by molar-refractivity contribution is -0.147. The van der Waals surface area contributed by atoms with Gasteiger partial charge in [0, 0.05) is 18.1 Å². The number of carbonyl (C=O) groups is 1. The van der Waals surface area contributed by atoms with E-state index in [-0.39, 0.29) is 18.0 Å². The number of aryl methyl sites for hydroxylation is 1. The third-order valence-corrected chi connectivity index (χ3v) is 6.17. The summed E-state index contributed by atoms with van der Waals surface area (Å²) in [6.07, 6.45) is 2.02. The predicted molar refractivity (Wildman–Crippen MR) is 112 cm³/mol. The minimum absolute atomic E-state index is 0.0499. The molecular formula is C22H24N2O4S. The van der Waals surface area contributed by atoms with E-state index in [9.17, 15) is 13.2 Å². The second-order valence-corrected chi connectivity index (χ2v) is 8.51. The quantitative estimate of drug-likeness (QED) is 0.574. The van der Waals surface area contributed by atoms with Gasteiger partial charge in [0.2, 0.25) is 10.0 Å².